The molecule has 0 radical (unpaired) electrons. The lowest BCUT2D eigenvalue weighted by atomic mass is 9.95. The van der Waals surface area contributed by atoms with Gasteiger partial charge in [0, 0.05) is 21.8 Å². The Morgan fingerprint density at radius 3 is 1.89 bits per heavy atom. The van der Waals surface area contributed by atoms with E-state index in [4.69, 9.17) is 4.42 Å². The largest absolute Gasteiger partial charge is 0.454 e. The van der Waals surface area contributed by atoms with Crippen LogP contribution < -0.4 is 4.90 Å². The molecule has 0 saturated heterocycles. The van der Waals surface area contributed by atoms with Gasteiger partial charge in [0.1, 0.15) is 5.58 Å². The first-order chi connectivity index (χ1) is 21.8. The second-order valence-corrected chi connectivity index (χ2v) is 11.3. The minimum absolute atomic E-state index is 0.878. The van der Waals surface area contributed by atoms with Gasteiger partial charge < -0.3 is 9.32 Å². The maximum absolute atomic E-state index is 6.62. The van der Waals surface area contributed by atoms with Gasteiger partial charge in [0.25, 0.3) is 0 Å². The van der Waals surface area contributed by atoms with Crippen molar-refractivity contribution in [1.29, 1.82) is 0 Å². The summed E-state index contributed by atoms with van der Waals surface area (Å²) in [6.45, 7) is 0. The lowest BCUT2D eigenvalue weighted by Crippen LogP contribution is -2.11. The molecule has 0 aliphatic carbocycles. The van der Waals surface area contributed by atoms with Gasteiger partial charge in [-0.15, -0.1) is 0 Å². The fourth-order valence-corrected chi connectivity index (χ4v) is 6.79. The molecular weight excluding hydrogens is 534 g/mol. The lowest BCUT2D eigenvalue weighted by molar-refractivity contribution is 0.669. The van der Waals surface area contributed by atoms with Crippen LogP contribution in [0.15, 0.2) is 168 Å². The van der Waals surface area contributed by atoms with Gasteiger partial charge in [-0.1, -0.05) is 133 Å². The van der Waals surface area contributed by atoms with Crippen molar-refractivity contribution in [3.8, 4) is 11.1 Å². The number of benzene rings is 8. The average molecular weight is 562 g/mol. The Kier molecular flexibility index (Phi) is 5.54. The molecule has 0 fully saturated rings. The summed E-state index contributed by atoms with van der Waals surface area (Å²) in [4.78, 5) is 2.37. The molecule has 0 aliphatic heterocycles. The maximum atomic E-state index is 6.62. The molecule has 2 nitrogen and oxygen atoms in total. The quantitative estimate of drug-likeness (QED) is 0.199. The number of hydrogen-bond acceptors (Lipinski definition) is 2. The third-order valence-corrected chi connectivity index (χ3v) is 8.84. The summed E-state index contributed by atoms with van der Waals surface area (Å²) in [5.41, 5.74) is 7.36. The molecule has 8 aromatic carbocycles. The second-order valence-electron chi connectivity index (χ2n) is 11.3. The van der Waals surface area contributed by atoms with E-state index in [2.05, 4.69) is 163 Å². The molecule has 9 rings (SSSR count). The zero-order valence-corrected chi connectivity index (χ0v) is 23.9. The molecule has 0 atom stereocenters. The molecule has 0 N–H and O–H groups in total. The van der Waals surface area contributed by atoms with Crippen molar-refractivity contribution in [3.63, 3.8) is 0 Å². The highest BCUT2D eigenvalue weighted by molar-refractivity contribution is 6.22. The van der Waals surface area contributed by atoms with Crippen LogP contribution in [0.2, 0.25) is 0 Å². The van der Waals surface area contributed by atoms with Crippen LogP contribution in [0.5, 0.6) is 0 Å². The van der Waals surface area contributed by atoms with Crippen molar-refractivity contribution in [1.82, 2.24) is 0 Å². The Hall–Kier alpha value is -5.86. The molecule has 9 aromatic rings. The summed E-state index contributed by atoms with van der Waals surface area (Å²) in [6.07, 6.45) is 0. The van der Waals surface area contributed by atoms with E-state index in [0.717, 1.165) is 39.0 Å². The summed E-state index contributed by atoms with van der Waals surface area (Å²) in [5.74, 6) is 0. The molecule has 0 amide bonds. The van der Waals surface area contributed by atoms with Crippen molar-refractivity contribution in [2.45, 2.75) is 0 Å². The number of anilines is 3. The predicted octanol–water partition coefficient (Wildman–Crippen LogP) is 12.2. The van der Waals surface area contributed by atoms with Gasteiger partial charge in [-0.2, -0.15) is 0 Å². The highest BCUT2D eigenvalue weighted by Gasteiger charge is 2.22. The van der Waals surface area contributed by atoms with Gasteiger partial charge in [-0.3, -0.25) is 0 Å². The average Bonchev–Trinajstić information content (AvgIpc) is 3.48. The Morgan fingerprint density at radius 2 is 1.00 bits per heavy atom. The van der Waals surface area contributed by atoms with E-state index in [1.807, 2.05) is 6.07 Å². The minimum Gasteiger partial charge on any atom is -0.454 e. The Morgan fingerprint density at radius 1 is 0.364 bits per heavy atom. The standard InChI is InChI=1S/C42H27NO/c1-2-10-28(11-3-1)29-20-24-32(25-21-29)43(39-18-9-16-37-35-15-6-7-19-40(35)44-42(37)39)38-17-8-13-31-23-26-34-33-14-5-4-12-30(33)22-27-36(34)41(31)38/h1-27H. The summed E-state index contributed by atoms with van der Waals surface area (Å²) in [5, 5.41) is 9.66. The number of para-hydroxylation sites is 2. The molecule has 206 valence electrons. The van der Waals surface area contributed by atoms with Crippen molar-refractivity contribution in [2.75, 3.05) is 4.90 Å². The third kappa shape index (κ3) is 3.82. The molecule has 44 heavy (non-hydrogen) atoms. The number of fused-ring (bicyclic) bond motifs is 8. The third-order valence-electron chi connectivity index (χ3n) is 8.84. The first-order valence-electron chi connectivity index (χ1n) is 15.0. The van der Waals surface area contributed by atoms with E-state index in [1.165, 1.54) is 43.4 Å². The zero-order valence-electron chi connectivity index (χ0n) is 23.9. The smallest absolute Gasteiger partial charge is 0.159 e. The molecule has 2 heteroatoms. The first kappa shape index (κ1) is 24.7. The van der Waals surface area contributed by atoms with Crippen LogP contribution in [-0.2, 0) is 0 Å². The molecule has 0 bridgehead atoms. The van der Waals surface area contributed by atoms with E-state index < -0.39 is 0 Å². The summed E-state index contributed by atoms with van der Waals surface area (Å²) in [7, 11) is 0. The van der Waals surface area contributed by atoms with Crippen LogP contribution >= 0.6 is 0 Å². The van der Waals surface area contributed by atoms with Crippen LogP contribution in [0.25, 0.3) is 65.4 Å². The highest BCUT2D eigenvalue weighted by Crippen LogP contribution is 2.46. The van der Waals surface area contributed by atoms with Crippen LogP contribution in [0.4, 0.5) is 17.1 Å². The Balaban J connectivity index is 1.36. The Labute approximate surface area is 255 Å². The summed E-state index contributed by atoms with van der Waals surface area (Å²) in [6, 6.07) is 58.5. The number of rotatable bonds is 4. The minimum atomic E-state index is 0.878. The van der Waals surface area contributed by atoms with Gasteiger partial charge in [0.2, 0.25) is 0 Å². The number of furan rings is 1. The van der Waals surface area contributed by atoms with E-state index in [1.54, 1.807) is 0 Å². The Bertz CT molecular complexity index is 2490. The predicted molar refractivity (Wildman–Crippen MR) is 186 cm³/mol. The zero-order chi connectivity index (χ0) is 29.0. The van der Waals surface area contributed by atoms with Gasteiger partial charge in [-0.05, 0) is 68.4 Å². The van der Waals surface area contributed by atoms with Crippen LogP contribution in [0.3, 0.4) is 0 Å². The number of hydrogen-bond donors (Lipinski definition) is 0. The van der Waals surface area contributed by atoms with E-state index in [9.17, 15) is 0 Å². The fraction of sp³-hybridized carbons (Fsp3) is 0. The van der Waals surface area contributed by atoms with Gasteiger partial charge in [-0.25, -0.2) is 0 Å². The second kappa shape index (κ2) is 9.86. The van der Waals surface area contributed by atoms with Crippen LogP contribution in [-0.4, -0.2) is 0 Å². The molecule has 1 heterocycles. The fourth-order valence-electron chi connectivity index (χ4n) is 6.79. The van der Waals surface area contributed by atoms with Gasteiger partial charge in [0.15, 0.2) is 5.58 Å². The van der Waals surface area contributed by atoms with Crippen LogP contribution in [0.1, 0.15) is 0 Å². The molecule has 0 aliphatic rings. The lowest BCUT2D eigenvalue weighted by Gasteiger charge is -2.27. The van der Waals surface area contributed by atoms with E-state index in [-0.39, 0.29) is 0 Å². The van der Waals surface area contributed by atoms with Crippen molar-refractivity contribution >= 4 is 71.3 Å². The molecular formula is C42H27NO. The maximum Gasteiger partial charge on any atom is 0.159 e. The van der Waals surface area contributed by atoms with Gasteiger partial charge >= 0.3 is 0 Å². The normalized spacial score (nSPS) is 11.6. The topological polar surface area (TPSA) is 16.4 Å². The van der Waals surface area contributed by atoms with E-state index in [0.29, 0.717) is 0 Å². The van der Waals surface area contributed by atoms with Gasteiger partial charge in [0.05, 0.1) is 11.4 Å². The molecule has 0 spiro atoms. The molecule has 0 saturated carbocycles. The monoisotopic (exact) mass is 561 g/mol. The molecule has 1 aromatic heterocycles. The van der Waals surface area contributed by atoms with Crippen molar-refractivity contribution in [2.24, 2.45) is 0 Å². The van der Waals surface area contributed by atoms with Crippen LogP contribution in [0, 0.1) is 0 Å². The summed E-state index contributed by atoms with van der Waals surface area (Å²) < 4.78 is 6.62. The van der Waals surface area contributed by atoms with E-state index >= 15 is 0 Å². The number of nitrogens with zero attached hydrogens (tertiary/aromatic N) is 1. The van der Waals surface area contributed by atoms with Crippen molar-refractivity contribution in [3.05, 3.63) is 164 Å². The molecule has 0 unspecified atom stereocenters. The highest BCUT2D eigenvalue weighted by atomic mass is 16.3. The SMILES string of the molecule is c1ccc(-c2ccc(N(c3cccc4c3oc3ccccc34)c3cccc4ccc5c6ccccc6ccc5c34)cc2)cc1. The van der Waals surface area contributed by atoms with Crippen molar-refractivity contribution < 1.29 is 4.42 Å². The summed E-state index contributed by atoms with van der Waals surface area (Å²) >= 11 is 0. The first-order valence-corrected chi connectivity index (χ1v) is 15.0.